The molecule has 0 radical (unpaired) electrons. The van der Waals surface area contributed by atoms with Crippen LogP contribution < -0.4 is 0 Å². The van der Waals surface area contributed by atoms with Gasteiger partial charge in [0.15, 0.2) is 0 Å². The minimum Gasteiger partial charge on any atom is -0.396 e. The van der Waals surface area contributed by atoms with Gasteiger partial charge in [-0.1, -0.05) is 13.8 Å². The fourth-order valence-electron chi connectivity index (χ4n) is 2.86. The molecule has 1 aliphatic rings. The molecule has 1 saturated carbocycles. The Labute approximate surface area is 81.0 Å². The first kappa shape index (κ1) is 11.0. The Bertz CT molecular complexity index is 179. The predicted molar refractivity (Wildman–Crippen MR) is 53.4 cm³/mol. The monoisotopic (exact) mass is 186 g/mol. The Morgan fingerprint density at radius 2 is 1.92 bits per heavy atom. The molecule has 2 heteroatoms. The lowest BCUT2D eigenvalue weighted by atomic mass is 9.50. The van der Waals surface area contributed by atoms with Gasteiger partial charge in [0, 0.05) is 6.61 Å². The van der Waals surface area contributed by atoms with Crippen molar-refractivity contribution in [1.29, 1.82) is 0 Å². The van der Waals surface area contributed by atoms with Gasteiger partial charge in [-0.15, -0.1) is 0 Å². The average molecular weight is 186 g/mol. The lowest BCUT2D eigenvalue weighted by molar-refractivity contribution is -0.142. The van der Waals surface area contributed by atoms with Crippen LogP contribution in [0.5, 0.6) is 0 Å². The molecule has 78 valence electrons. The van der Waals surface area contributed by atoms with Crippen molar-refractivity contribution < 1.29 is 10.2 Å². The summed E-state index contributed by atoms with van der Waals surface area (Å²) in [5.41, 5.74) is -0.392. The Morgan fingerprint density at radius 3 is 2.23 bits per heavy atom. The summed E-state index contributed by atoms with van der Waals surface area (Å²) in [6.07, 6.45) is 1.93. The minimum absolute atomic E-state index is 0.182. The maximum atomic E-state index is 9.90. The van der Waals surface area contributed by atoms with Gasteiger partial charge in [0.05, 0.1) is 5.60 Å². The molecule has 0 aromatic carbocycles. The standard InChI is InChI=1S/C11H22O2/c1-10(2)8(5-6-12)7-9(10)11(3,4)13/h8-9,12-13H,5-7H2,1-4H3. The van der Waals surface area contributed by atoms with E-state index in [4.69, 9.17) is 5.11 Å². The molecule has 1 fully saturated rings. The Hall–Kier alpha value is -0.0800. The zero-order valence-corrected chi connectivity index (χ0v) is 9.17. The van der Waals surface area contributed by atoms with Gasteiger partial charge in [0.25, 0.3) is 0 Å². The lowest BCUT2D eigenvalue weighted by Crippen LogP contribution is -2.54. The van der Waals surface area contributed by atoms with E-state index >= 15 is 0 Å². The second kappa shape index (κ2) is 3.25. The molecule has 1 rings (SSSR count). The van der Waals surface area contributed by atoms with E-state index in [1.165, 1.54) is 0 Å². The van der Waals surface area contributed by atoms with Gasteiger partial charge in [-0.05, 0) is 43.9 Å². The average Bonchev–Trinajstić information content (AvgIpc) is 1.94. The summed E-state index contributed by atoms with van der Waals surface area (Å²) in [5, 5.41) is 18.8. The molecule has 1 aliphatic carbocycles. The summed E-state index contributed by atoms with van der Waals surface area (Å²) in [6.45, 7) is 8.43. The molecule has 2 unspecified atom stereocenters. The van der Waals surface area contributed by atoms with Crippen molar-refractivity contribution in [2.75, 3.05) is 6.61 Å². The molecule has 0 heterocycles. The van der Waals surface area contributed by atoms with Crippen LogP contribution in [0, 0.1) is 17.3 Å². The fourth-order valence-corrected chi connectivity index (χ4v) is 2.86. The van der Waals surface area contributed by atoms with E-state index in [-0.39, 0.29) is 12.0 Å². The topological polar surface area (TPSA) is 40.5 Å². The number of rotatable bonds is 3. The highest BCUT2D eigenvalue weighted by Crippen LogP contribution is 2.56. The third-order valence-electron chi connectivity index (χ3n) is 3.80. The van der Waals surface area contributed by atoms with Crippen LogP contribution in [0.4, 0.5) is 0 Å². The summed E-state index contributed by atoms with van der Waals surface area (Å²) in [5.74, 6) is 0.950. The maximum absolute atomic E-state index is 9.90. The van der Waals surface area contributed by atoms with E-state index < -0.39 is 5.60 Å². The first-order valence-corrected chi connectivity index (χ1v) is 5.13. The second-order valence-corrected chi connectivity index (χ2v) is 5.47. The smallest absolute Gasteiger partial charge is 0.0625 e. The maximum Gasteiger partial charge on any atom is 0.0625 e. The predicted octanol–water partition coefficient (Wildman–Crippen LogP) is 1.80. The summed E-state index contributed by atoms with van der Waals surface area (Å²) < 4.78 is 0. The van der Waals surface area contributed by atoms with E-state index in [0.29, 0.717) is 11.8 Å². The highest BCUT2D eigenvalue weighted by Gasteiger charge is 2.52. The first-order chi connectivity index (χ1) is 5.80. The van der Waals surface area contributed by atoms with E-state index in [0.717, 1.165) is 12.8 Å². The molecule has 13 heavy (non-hydrogen) atoms. The fraction of sp³-hybridized carbons (Fsp3) is 1.00. The molecule has 2 nitrogen and oxygen atoms in total. The van der Waals surface area contributed by atoms with Gasteiger partial charge in [-0.2, -0.15) is 0 Å². The van der Waals surface area contributed by atoms with Crippen LogP contribution in [-0.4, -0.2) is 22.4 Å². The first-order valence-electron chi connectivity index (χ1n) is 5.13. The number of aliphatic hydroxyl groups excluding tert-OH is 1. The summed E-state index contributed by atoms with van der Waals surface area (Å²) in [6, 6.07) is 0. The van der Waals surface area contributed by atoms with E-state index in [9.17, 15) is 5.11 Å². The molecular weight excluding hydrogens is 164 g/mol. The van der Waals surface area contributed by atoms with E-state index in [2.05, 4.69) is 13.8 Å². The quantitative estimate of drug-likeness (QED) is 0.705. The third kappa shape index (κ3) is 1.89. The van der Waals surface area contributed by atoms with E-state index in [1.54, 1.807) is 0 Å². The molecule has 0 aromatic rings. The van der Waals surface area contributed by atoms with Crippen LogP contribution in [0.3, 0.4) is 0 Å². The summed E-state index contributed by atoms with van der Waals surface area (Å²) >= 11 is 0. The highest BCUT2D eigenvalue weighted by molar-refractivity contribution is 5.02. The van der Waals surface area contributed by atoms with Gasteiger partial charge >= 0.3 is 0 Å². The SMILES string of the molecule is CC(C)(O)C1CC(CCO)C1(C)C. The lowest BCUT2D eigenvalue weighted by Gasteiger charge is -2.57. The van der Waals surface area contributed by atoms with Crippen LogP contribution in [0.1, 0.15) is 40.5 Å². The zero-order valence-electron chi connectivity index (χ0n) is 9.17. The van der Waals surface area contributed by atoms with Crippen LogP contribution in [0.2, 0.25) is 0 Å². The van der Waals surface area contributed by atoms with Gasteiger partial charge in [-0.3, -0.25) is 0 Å². The molecule has 0 spiro atoms. The van der Waals surface area contributed by atoms with Crippen LogP contribution in [0.15, 0.2) is 0 Å². The molecule has 2 atom stereocenters. The molecule has 0 amide bonds. The van der Waals surface area contributed by atoms with Crippen LogP contribution >= 0.6 is 0 Å². The van der Waals surface area contributed by atoms with Crippen molar-refractivity contribution in [3.05, 3.63) is 0 Å². The number of hydrogen-bond donors (Lipinski definition) is 2. The molecule has 0 aliphatic heterocycles. The summed E-state index contributed by atoms with van der Waals surface area (Å²) in [4.78, 5) is 0. The second-order valence-electron chi connectivity index (χ2n) is 5.47. The van der Waals surface area contributed by atoms with Crippen molar-refractivity contribution in [1.82, 2.24) is 0 Å². The minimum atomic E-state index is -0.574. The molecular formula is C11H22O2. The number of hydrogen-bond acceptors (Lipinski definition) is 2. The highest BCUT2D eigenvalue weighted by atomic mass is 16.3. The van der Waals surface area contributed by atoms with Gasteiger partial charge < -0.3 is 10.2 Å². The van der Waals surface area contributed by atoms with Crippen molar-refractivity contribution >= 4 is 0 Å². The van der Waals surface area contributed by atoms with Crippen molar-refractivity contribution in [2.24, 2.45) is 17.3 Å². The zero-order chi connectivity index (χ0) is 10.3. The van der Waals surface area contributed by atoms with Crippen molar-refractivity contribution in [3.8, 4) is 0 Å². The molecule has 0 aromatic heterocycles. The van der Waals surface area contributed by atoms with Crippen molar-refractivity contribution in [3.63, 3.8) is 0 Å². The number of aliphatic hydroxyl groups is 2. The van der Waals surface area contributed by atoms with Gasteiger partial charge in [0.1, 0.15) is 0 Å². The largest absolute Gasteiger partial charge is 0.396 e. The Morgan fingerprint density at radius 1 is 1.38 bits per heavy atom. The summed E-state index contributed by atoms with van der Waals surface area (Å²) in [7, 11) is 0. The van der Waals surface area contributed by atoms with Gasteiger partial charge in [0.2, 0.25) is 0 Å². The normalized spacial score (nSPS) is 32.8. The molecule has 0 bridgehead atoms. The Kier molecular flexibility index (Phi) is 2.75. The molecule has 0 saturated heterocycles. The van der Waals surface area contributed by atoms with Gasteiger partial charge in [-0.25, -0.2) is 0 Å². The Balaban J connectivity index is 2.59. The molecule has 2 N–H and O–H groups in total. The third-order valence-corrected chi connectivity index (χ3v) is 3.80. The van der Waals surface area contributed by atoms with Crippen LogP contribution in [0.25, 0.3) is 0 Å². The van der Waals surface area contributed by atoms with E-state index in [1.807, 2.05) is 13.8 Å². The van der Waals surface area contributed by atoms with Crippen molar-refractivity contribution in [2.45, 2.75) is 46.1 Å². The van der Waals surface area contributed by atoms with Crippen LogP contribution in [-0.2, 0) is 0 Å².